The fraction of sp³-hybridized carbons (Fsp3) is 0.556. The van der Waals surface area contributed by atoms with Crippen LogP contribution in [0.2, 0.25) is 0 Å². The number of ether oxygens (including phenoxy) is 2. The molecular formula is C18H24N2O4. The Bertz CT molecular complexity index is 656. The molecule has 6 heteroatoms. The Morgan fingerprint density at radius 2 is 2.21 bits per heavy atom. The van der Waals surface area contributed by atoms with E-state index in [-0.39, 0.29) is 17.9 Å². The number of hydrogen-bond donors (Lipinski definition) is 1. The largest absolute Gasteiger partial charge is 0.382 e. The molecule has 0 bridgehead atoms. The third-order valence-corrected chi connectivity index (χ3v) is 4.40. The number of Topliss-reactive ketones (excluding diaryl/α,β-unsaturated/α-hetero) is 1. The van der Waals surface area contributed by atoms with Gasteiger partial charge in [-0.25, -0.2) is 4.79 Å². The first-order valence-electron chi connectivity index (χ1n) is 8.27. The molecule has 6 nitrogen and oxygen atoms in total. The van der Waals surface area contributed by atoms with Crippen molar-refractivity contribution in [3.05, 3.63) is 29.3 Å². The molecular weight excluding hydrogens is 308 g/mol. The Morgan fingerprint density at radius 3 is 2.96 bits per heavy atom. The van der Waals surface area contributed by atoms with Crippen LogP contribution in [0.5, 0.6) is 0 Å². The van der Waals surface area contributed by atoms with Crippen molar-refractivity contribution >= 4 is 17.5 Å². The number of carbonyl (C=O) groups excluding carboxylic acids is 2. The van der Waals surface area contributed by atoms with Crippen LogP contribution in [0.1, 0.15) is 36.2 Å². The zero-order chi connectivity index (χ0) is 17.3. The molecule has 130 valence electrons. The van der Waals surface area contributed by atoms with E-state index >= 15 is 0 Å². The number of nitrogens with zero attached hydrogens (tertiary/aromatic N) is 1. The van der Waals surface area contributed by atoms with Gasteiger partial charge in [-0.05, 0) is 44.0 Å². The van der Waals surface area contributed by atoms with Crippen molar-refractivity contribution in [1.82, 2.24) is 4.90 Å². The van der Waals surface area contributed by atoms with Crippen molar-refractivity contribution in [3.63, 3.8) is 0 Å². The first-order chi connectivity index (χ1) is 11.4. The van der Waals surface area contributed by atoms with Crippen LogP contribution in [0.25, 0.3) is 0 Å². The fourth-order valence-electron chi connectivity index (χ4n) is 3.46. The molecule has 24 heavy (non-hydrogen) atoms. The molecule has 1 unspecified atom stereocenters. The van der Waals surface area contributed by atoms with Gasteiger partial charge < -0.3 is 19.7 Å². The van der Waals surface area contributed by atoms with Gasteiger partial charge in [0.15, 0.2) is 5.78 Å². The third kappa shape index (κ3) is 3.60. The van der Waals surface area contributed by atoms with Crippen LogP contribution in [0, 0.1) is 0 Å². The summed E-state index contributed by atoms with van der Waals surface area (Å²) in [7, 11) is 1.63. The van der Waals surface area contributed by atoms with Gasteiger partial charge in [-0.2, -0.15) is 0 Å². The van der Waals surface area contributed by atoms with Crippen LogP contribution in [0.15, 0.2) is 18.2 Å². The maximum Gasteiger partial charge on any atom is 0.322 e. The number of amides is 2. The van der Waals surface area contributed by atoms with E-state index < -0.39 is 5.60 Å². The summed E-state index contributed by atoms with van der Waals surface area (Å²) >= 11 is 0. The van der Waals surface area contributed by atoms with Gasteiger partial charge in [-0.15, -0.1) is 0 Å². The summed E-state index contributed by atoms with van der Waals surface area (Å²) in [6.07, 6.45) is 1.17. The number of nitrogens with one attached hydrogen (secondary N) is 1. The molecule has 0 radical (unpaired) electrons. The molecule has 1 aliphatic heterocycles. The fourth-order valence-corrected chi connectivity index (χ4v) is 3.46. The third-order valence-electron chi connectivity index (χ3n) is 4.40. The minimum Gasteiger partial charge on any atom is -0.382 e. The summed E-state index contributed by atoms with van der Waals surface area (Å²) in [6.45, 7) is 5.40. The molecule has 0 spiro atoms. The van der Waals surface area contributed by atoms with Crippen LogP contribution < -0.4 is 5.32 Å². The minimum atomic E-state index is -0.414. The normalized spacial score (nSPS) is 22.4. The highest BCUT2D eigenvalue weighted by atomic mass is 16.5. The second-order valence-electron chi connectivity index (χ2n) is 7.06. The van der Waals surface area contributed by atoms with Gasteiger partial charge in [0.2, 0.25) is 0 Å². The number of rotatable bonds is 3. The number of morpholine rings is 1. The second kappa shape index (κ2) is 6.53. The van der Waals surface area contributed by atoms with Crippen LogP contribution >= 0.6 is 0 Å². The van der Waals surface area contributed by atoms with Gasteiger partial charge in [-0.3, -0.25) is 4.79 Å². The minimum absolute atomic E-state index is 0.137. The molecule has 1 aromatic carbocycles. The van der Waals surface area contributed by atoms with Gasteiger partial charge in [0, 0.05) is 24.8 Å². The molecule has 1 atom stereocenters. The predicted molar refractivity (Wildman–Crippen MR) is 90.5 cm³/mol. The number of ketones is 1. The first-order valence-corrected chi connectivity index (χ1v) is 8.27. The van der Waals surface area contributed by atoms with E-state index in [1.54, 1.807) is 24.1 Å². The number of anilines is 1. The molecule has 1 fully saturated rings. The SMILES string of the molecule is COCC1CN(C(=O)Nc2ccc3c(c2)CCC3=O)CC(C)(C)O1. The second-order valence-corrected chi connectivity index (χ2v) is 7.06. The zero-order valence-electron chi connectivity index (χ0n) is 14.4. The summed E-state index contributed by atoms with van der Waals surface area (Å²) < 4.78 is 11.1. The summed E-state index contributed by atoms with van der Waals surface area (Å²) in [5, 5.41) is 2.94. The van der Waals surface area contributed by atoms with Gasteiger partial charge in [-0.1, -0.05) is 0 Å². The van der Waals surface area contributed by atoms with Crippen LogP contribution in [0.4, 0.5) is 10.5 Å². The van der Waals surface area contributed by atoms with Crippen molar-refractivity contribution < 1.29 is 19.1 Å². The topological polar surface area (TPSA) is 67.9 Å². The highest BCUT2D eigenvalue weighted by Gasteiger charge is 2.35. The summed E-state index contributed by atoms with van der Waals surface area (Å²) in [5.74, 6) is 0.181. The molecule has 2 aliphatic rings. The monoisotopic (exact) mass is 332 g/mol. The molecule has 1 aromatic rings. The number of carbonyl (C=O) groups is 2. The molecule has 1 aliphatic carbocycles. The number of methoxy groups -OCH3 is 1. The highest BCUT2D eigenvalue weighted by Crippen LogP contribution is 2.26. The Labute approximate surface area is 142 Å². The average molecular weight is 332 g/mol. The van der Waals surface area contributed by atoms with Gasteiger partial charge in [0.25, 0.3) is 0 Å². The highest BCUT2D eigenvalue weighted by molar-refractivity contribution is 6.01. The zero-order valence-corrected chi connectivity index (χ0v) is 14.4. The van der Waals surface area contributed by atoms with Crippen LogP contribution in [0.3, 0.4) is 0 Å². The Kier molecular flexibility index (Phi) is 4.60. The maximum absolute atomic E-state index is 12.6. The van der Waals surface area contributed by atoms with Crippen LogP contribution in [-0.4, -0.2) is 55.2 Å². The Morgan fingerprint density at radius 1 is 1.42 bits per heavy atom. The number of benzene rings is 1. The van der Waals surface area contributed by atoms with E-state index in [1.807, 2.05) is 19.9 Å². The van der Waals surface area contributed by atoms with E-state index in [0.29, 0.717) is 26.1 Å². The smallest absolute Gasteiger partial charge is 0.322 e. The van der Waals surface area contributed by atoms with Gasteiger partial charge >= 0.3 is 6.03 Å². The lowest BCUT2D eigenvalue weighted by Gasteiger charge is -2.42. The summed E-state index contributed by atoms with van der Waals surface area (Å²) in [5.41, 5.74) is 2.10. The van der Waals surface area contributed by atoms with Crippen molar-refractivity contribution in [1.29, 1.82) is 0 Å². The average Bonchev–Trinajstić information content (AvgIpc) is 2.87. The van der Waals surface area contributed by atoms with Crippen molar-refractivity contribution in [2.75, 3.05) is 32.1 Å². The summed E-state index contributed by atoms with van der Waals surface area (Å²) in [4.78, 5) is 26.1. The number of hydrogen-bond acceptors (Lipinski definition) is 4. The van der Waals surface area contributed by atoms with E-state index in [1.165, 1.54) is 0 Å². The molecule has 2 amide bonds. The quantitative estimate of drug-likeness (QED) is 0.923. The Hall–Kier alpha value is -1.92. The van der Waals surface area contributed by atoms with Crippen LogP contribution in [-0.2, 0) is 15.9 Å². The molecule has 1 heterocycles. The standard InChI is InChI=1S/C18H24N2O4/c1-18(2)11-20(9-14(24-18)10-23-3)17(22)19-13-5-6-15-12(8-13)4-7-16(15)21/h5-6,8,14H,4,7,9-11H2,1-3H3,(H,19,22). The number of aryl methyl sites for hydroxylation is 1. The lowest BCUT2D eigenvalue weighted by atomic mass is 10.1. The molecule has 0 saturated carbocycles. The number of fused-ring (bicyclic) bond motifs is 1. The van der Waals surface area contributed by atoms with E-state index in [4.69, 9.17) is 9.47 Å². The summed E-state index contributed by atoms with van der Waals surface area (Å²) in [6, 6.07) is 5.34. The molecule has 1 N–H and O–H groups in total. The lowest BCUT2D eigenvalue weighted by Crippen LogP contribution is -2.56. The molecule has 3 rings (SSSR count). The molecule has 0 aromatic heterocycles. The van der Waals surface area contributed by atoms with E-state index in [2.05, 4.69) is 5.32 Å². The van der Waals surface area contributed by atoms with Crippen molar-refractivity contribution in [2.24, 2.45) is 0 Å². The van der Waals surface area contributed by atoms with Crippen molar-refractivity contribution in [3.8, 4) is 0 Å². The van der Waals surface area contributed by atoms with E-state index in [0.717, 1.165) is 23.2 Å². The molecule has 1 saturated heterocycles. The first kappa shape index (κ1) is 16.9. The predicted octanol–water partition coefficient (Wildman–Crippen LogP) is 2.47. The lowest BCUT2D eigenvalue weighted by molar-refractivity contribution is -0.141. The Balaban J connectivity index is 1.69. The van der Waals surface area contributed by atoms with Gasteiger partial charge in [0.1, 0.15) is 0 Å². The maximum atomic E-state index is 12.6. The van der Waals surface area contributed by atoms with Crippen molar-refractivity contribution in [2.45, 2.75) is 38.4 Å². The van der Waals surface area contributed by atoms with Gasteiger partial charge in [0.05, 0.1) is 31.4 Å². The number of urea groups is 1. The van der Waals surface area contributed by atoms with E-state index in [9.17, 15) is 9.59 Å².